The van der Waals surface area contributed by atoms with E-state index in [1.165, 1.54) is 0 Å². The first-order valence-electron chi connectivity index (χ1n) is 13.2. The molecule has 0 bridgehead atoms. The lowest BCUT2D eigenvalue weighted by molar-refractivity contribution is -0.147. The summed E-state index contributed by atoms with van der Waals surface area (Å²) in [6.45, 7) is 12.5. The van der Waals surface area contributed by atoms with Crippen molar-refractivity contribution < 1.29 is 57.2 Å². The summed E-state index contributed by atoms with van der Waals surface area (Å²) < 4.78 is 29.7. The molecule has 0 spiro atoms. The summed E-state index contributed by atoms with van der Waals surface area (Å²) >= 11 is 0. The monoisotopic (exact) mass is 596 g/mol. The molecule has 14 nitrogen and oxygen atoms in total. The number of alkyl carbamates (subject to hydrolysis) is 2. The first-order chi connectivity index (χ1) is 20.1. The molecule has 0 fully saturated rings. The van der Waals surface area contributed by atoms with Gasteiger partial charge in [-0.2, -0.15) is 0 Å². The summed E-state index contributed by atoms with van der Waals surface area (Å²) in [4.78, 5) is 69.0. The fraction of sp³-hybridized carbons (Fsp3) is 0.500. The van der Waals surface area contributed by atoms with Gasteiger partial charge in [-0.15, -0.1) is 0 Å². The van der Waals surface area contributed by atoms with Crippen LogP contribution in [0, 0.1) is 0 Å². The lowest BCUT2D eigenvalue weighted by atomic mass is 10.1. The second-order valence-electron chi connectivity index (χ2n) is 8.37. The van der Waals surface area contributed by atoms with Crippen molar-refractivity contribution in [2.24, 2.45) is 0 Å². The number of hydrogen-bond acceptors (Lipinski definition) is 12. The smallest absolute Gasteiger partial charge is 0.407 e. The molecule has 234 valence electrons. The van der Waals surface area contributed by atoms with Crippen molar-refractivity contribution in [3.05, 3.63) is 50.6 Å². The van der Waals surface area contributed by atoms with Crippen LogP contribution < -0.4 is 10.6 Å². The maximum Gasteiger partial charge on any atom is 0.407 e. The van der Waals surface area contributed by atoms with E-state index in [1.807, 2.05) is 0 Å². The highest BCUT2D eigenvalue weighted by atomic mass is 16.6. The maximum absolute atomic E-state index is 12.0. The molecule has 0 heterocycles. The molecule has 42 heavy (non-hydrogen) atoms. The minimum atomic E-state index is -1.00. The maximum atomic E-state index is 12.0. The van der Waals surface area contributed by atoms with Crippen molar-refractivity contribution in [1.29, 1.82) is 0 Å². The highest BCUT2D eigenvalue weighted by Gasteiger charge is 2.19. The number of ether oxygens (including phenoxy) is 6. The SMILES string of the molecule is C=CC(=O)OCC(COC(=O)C=C)OC(=O)NCCCCCCCCNC(=O)OC(COC(=O)C=C)COC(=O)C=C. The molecule has 0 radical (unpaired) electrons. The zero-order valence-corrected chi connectivity index (χ0v) is 23.7. The molecule has 0 aromatic rings. The molecule has 0 aromatic carbocycles. The Balaban J connectivity index is 4.10. The lowest BCUT2D eigenvalue weighted by Crippen LogP contribution is -2.35. The van der Waals surface area contributed by atoms with Gasteiger partial charge in [0.25, 0.3) is 0 Å². The molecule has 0 saturated heterocycles. The number of esters is 4. The molecule has 2 amide bonds. The number of carbonyl (C=O) groups excluding carboxylic acids is 6. The predicted octanol–water partition coefficient (Wildman–Crippen LogP) is 2.43. The van der Waals surface area contributed by atoms with Gasteiger partial charge in [0.2, 0.25) is 0 Å². The standard InChI is InChI=1S/C28H40N2O12/c1-5-23(31)37-17-21(18-38-24(32)6-2)41-27(35)29-15-13-11-9-10-12-14-16-30-28(36)42-22(19-39-25(33)7-3)20-40-26(34)8-4/h5-8,21-22H,1-4,9-20H2,(H,29,35)(H,30,36). The number of unbranched alkanes of at least 4 members (excludes halogenated alkanes) is 5. The Hall–Kier alpha value is -4.62. The van der Waals surface area contributed by atoms with Crippen LogP contribution in [-0.2, 0) is 47.6 Å². The van der Waals surface area contributed by atoms with E-state index >= 15 is 0 Å². The van der Waals surface area contributed by atoms with Gasteiger partial charge in [-0.05, 0) is 12.8 Å². The number of amides is 2. The highest BCUT2D eigenvalue weighted by molar-refractivity contribution is 5.82. The van der Waals surface area contributed by atoms with Crippen LogP contribution in [0.4, 0.5) is 9.59 Å². The second-order valence-corrected chi connectivity index (χ2v) is 8.37. The van der Waals surface area contributed by atoms with Crippen molar-refractivity contribution in [2.45, 2.75) is 50.7 Å². The first kappa shape index (κ1) is 37.4. The molecule has 0 unspecified atom stereocenters. The first-order valence-corrected chi connectivity index (χ1v) is 13.2. The number of hydrogen-bond donors (Lipinski definition) is 2. The van der Waals surface area contributed by atoms with Gasteiger partial charge in [0, 0.05) is 37.4 Å². The quantitative estimate of drug-likeness (QED) is 0.0762. The summed E-state index contributed by atoms with van der Waals surface area (Å²) in [5.74, 6) is -2.85. The molecule has 2 N–H and O–H groups in total. The van der Waals surface area contributed by atoms with Gasteiger partial charge in [-0.3, -0.25) is 0 Å². The van der Waals surface area contributed by atoms with Gasteiger partial charge >= 0.3 is 36.1 Å². The Bertz CT molecular complexity index is 812. The topological polar surface area (TPSA) is 182 Å². The normalized spacial score (nSPS) is 10.0. The van der Waals surface area contributed by atoms with E-state index in [2.05, 4.69) is 36.9 Å². The molecule has 0 aliphatic carbocycles. The number of carbonyl (C=O) groups is 6. The fourth-order valence-electron chi connectivity index (χ4n) is 2.89. The van der Waals surface area contributed by atoms with Crippen molar-refractivity contribution in [1.82, 2.24) is 10.6 Å². The summed E-state index contributed by atoms with van der Waals surface area (Å²) in [7, 11) is 0. The lowest BCUT2D eigenvalue weighted by Gasteiger charge is -2.17. The Morgan fingerprint density at radius 2 is 0.738 bits per heavy atom. The van der Waals surface area contributed by atoms with E-state index in [0.717, 1.165) is 50.0 Å². The Labute approximate surface area is 245 Å². The Morgan fingerprint density at radius 1 is 0.476 bits per heavy atom. The van der Waals surface area contributed by atoms with E-state index in [4.69, 9.17) is 28.4 Å². The molecule has 0 rings (SSSR count). The zero-order chi connectivity index (χ0) is 31.6. The second kappa shape index (κ2) is 24.2. The molecule has 0 atom stereocenters. The van der Waals surface area contributed by atoms with Gasteiger partial charge in [0.15, 0.2) is 12.2 Å². The summed E-state index contributed by atoms with van der Waals surface area (Å²) in [6.07, 6.45) is 5.15. The Kier molecular flexibility index (Phi) is 21.5. The average molecular weight is 597 g/mol. The number of rotatable bonds is 23. The van der Waals surface area contributed by atoms with Gasteiger partial charge in [0.05, 0.1) is 0 Å². The molecule has 0 saturated carbocycles. The van der Waals surface area contributed by atoms with Crippen molar-refractivity contribution in [3.63, 3.8) is 0 Å². The molecule has 14 heteroatoms. The van der Waals surface area contributed by atoms with Crippen LogP contribution in [0.25, 0.3) is 0 Å². The van der Waals surface area contributed by atoms with Crippen molar-refractivity contribution >= 4 is 36.1 Å². The van der Waals surface area contributed by atoms with Crippen LogP contribution in [-0.4, -0.2) is 87.8 Å². The molecule has 0 aromatic heterocycles. The molecule has 0 aliphatic heterocycles. The minimum Gasteiger partial charge on any atom is -0.458 e. The average Bonchev–Trinajstić information content (AvgIpc) is 2.99. The largest absolute Gasteiger partial charge is 0.458 e. The third-order valence-electron chi connectivity index (χ3n) is 5.00. The summed E-state index contributed by atoms with van der Waals surface area (Å²) in [6, 6.07) is 0. The third-order valence-corrected chi connectivity index (χ3v) is 5.00. The summed E-state index contributed by atoms with van der Waals surface area (Å²) in [5, 5.41) is 5.17. The van der Waals surface area contributed by atoms with Gasteiger partial charge in [-0.25, -0.2) is 28.8 Å². The van der Waals surface area contributed by atoms with E-state index in [9.17, 15) is 28.8 Å². The molecular formula is C28H40N2O12. The van der Waals surface area contributed by atoms with Gasteiger partial charge in [0.1, 0.15) is 26.4 Å². The van der Waals surface area contributed by atoms with E-state index in [1.54, 1.807) is 0 Å². The van der Waals surface area contributed by atoms with E-state index < -0.39 is 48.3 Å². The fourth-order valence-corrected chi connectivity index (χ4v) is 2.89. The predicted molar refractivity (Wildman–Crippen MR) is 149 cm³/mol. The van der Waals surface area contributed by atoms with Crippen molar-refractivity contribution in [3.8, 4) is 0 Å². The van der Waals surface area contributed by atoms with Crippen LogP contribution in [0.5, 0.6) is 0 Å². The van der Waals surface area contributed by atoms with Crippen molar-refractivity contribution in [2.75, 3.05) is 39.5 Å². The molecule has 0 aliphatic rings. The van der Waals surface area contributed by atoms with Crippen LogP contribution >= 0.6 is 0 Å². The molecular weight excluding hydrogens is 556 g/mol. The highest BCUT2D eigenvalue weighted by Crippen LogP contribution is 2.05. The van der Waals surface area contributed by atoms with Crippen LogP contribution in [0.3, 0.4) is 0 Å². The number of nitrogens with one attached hydrogen (secondary N) is 2. The third kappa shape index (κ3) is 21.2. The Morgan fingerprint density at radius 3 is 1.00 bits per heavy atom. The van der Waals surface area contributed by atoms with Gasteiger partial charge < -0.3 is 39.1 Å². The van der Waals surface area contributed by atoms with Crippen LogP contribution in [0.15, 0.2) is 50.6 Å². The van der Waals surface area contributed by atoms with E-state index in [-0.39, 0.29) is 26.4 Å². The van der Waals surface area contributed by atoms with E-state index in [0.29, 0.717) is 25.9 Å². The van der Waals surface area contributed by atoms with Gasteiger partial charge in [-0.1, -0.05) is 52.0 Å². The van der Waals surface area contributed by atoms with Crippen LogP contribution in [0.1, 0.15) is 38.5 Å². The van der Waals surface area contributed by atoms with Crippen LogP contribution in [0.2, 0.25) is 0 Å². The zero-order valence-electron chi connectivity index (χ0n) is 23.7. The summed E-state index contributed by atoms with van der Waals surface area (Å²) in [5.41, 5.74) is 0. The minimum absolute atomic E-state index is 0.313.